The lowest BCUT2D eigenvalue weighted by atomic mass is 10.1. The van der Waals surface area contributed by atoms with E-state index in [0.717, 1.165) is 0 Å². The van der Waals surface area contributed by atoms with Gasteiger partial charge in [0, 0.05) is 12.3 Å². The van der Waals surface area contributed by atoms with Crippen LogP contribution in [0.4, 0.5) is 0 Å². The predicted molar refractivity (Wildman–Crippen MR) is 62.2 cm³/mol. The fourth-order valence-electron chi connectivity index (χ4n) is 1.87. The van der Waals surface area contributed by atoms with E-state index in [4.69, 9.17) is 0 Å². The summed E-state index contributed by atoms with van der Waals surface area (Å²) in [6.45, 7) is 5.83. The Kier molecular flexibility index (Phi) is 5.18. The zero-order chi connectivity index (χ0) is 9.57. The van der Waals surface area contributed by atoms with Crippen LogP contribution in [-0.4, -0.2) is 17.2 Å². The molecule has 1 rings (SSSR count). The normalized spacial score (nSPS) is 28.2. The lowest BCUT2D eigenvalue weighted by Gasteiger charge is -2.22. The third-order valence-electron chi connectivity index (χ3n) is 2.78. The van der Waals surface area contributed by atoms with E-state index >= 15 is 0 Å². The Bertz CT molecular complexity index is 130. The molecule has 0 aliphatic carbocycles. The van der Waals surface area contributed by atoms with Gasteiger partial charge in [-0.3, -0.25) is 0 Å². The second-order valence-electron chi connectivity index (χ2n) is 4.17. The molecule has 1 aliphatic heterocycles. The van der Waals surface area contributed by atoms with E-state index in [-0.39, 0.29) is 0 Å². The summed E-state index contributed by atoms with van der Waals surface area (Å²) in [5, 5.41) is 3.59. The quantitative estimate of drug-likeness (QED) is 0.661. The Morgan fingerprint density at radius 1 is 1.23 bits per heavy atom. The summed E-state index contributed by atoms with van der Waals surface area (Å²) in [5.74, 6) is 1.30. The van der Waals surface area contributed by atoms with Crippen LogP contribution in [0.25, 0.3) is 0 Å². The van der Waals surface area contributed by atoms with E-state index in [1.165, 1.54) is 50.8 Å². The Morgan fingerprint density at radius 2 is 2.00 bits per heavy atom. The summed E-state index contributed by atoms with van der Waals surface area (Å²) in [7, 11) is 0. The molecule has 0 aromatic heterocycles. The fraction of sp³-hybridized carbons (Fsp3) is 1.00. The number of hydrogen-bond donors (Lipinski definition) is 1. The summed E-state index contributed by atoms with van der Waals surface area (Å²) in [4.78, 5) is 0.409. The zero-order valence-corrected chi connectivity index (χ0v) is 9.88. The molecule has 1 aliphatic rings. The molecule has 1 saturated heterocycles. The molecular formula is C11H23NS. The highest BCUT2D eigenvalue weighted by atomic mass is 32.2. The molecule has 0 bridgehead atoms. The van der Waals surface area contributed by atoms with Gasteiger partial charge in [-0.15, -0.1) is 11.8 Å². The molecule has 1 nitrogen and oxygen atoms in total. The van der Waals surface area contributed by atoms with Gasteiger partial charge in [-0.25, -0.2) is 0 Å². The molecule has 1 atom stereocenters. The van der Waals surface area contributed by atoms with Gasteiger partial charge in [0.25, 0.3) is 0 Å². The predicted octanol–water partition coefficient (Wildman–Crippen LogP) is 3.40. The minimum Gasteiger partial charge on any atom is -0.302 e. The van der Waals surface area contributed by atoms with Crippen LogP contribution in [0.2, 0.25) is 0 Å². The highest BCUT2D eigenvalue weighted by Gasteiger charge is 2.27. The van der Waals surface area contributed by atoms with Crippen molar-refractivity contribution in [2.24, 2.45) is 0 Å². The van der Waals surface area contributed by atoms with E-state index in [1.807, 2.05) is 0 Å². The van der Waals surface area contributed by atoms with E-state index in [1.54, 1.807) is 0 Å². The minimum absolute atomic E-state index is 0.409. The fourth-order valence-corrected chi connectivity index (χ4v) is 3.02. The molecule has 0 amide bonds. The molecule has 0 aromatic rings. The first-order chi connectivity index (χ1) is 6.27. The van der Waals surface area contributed by atoms with E-state index in [9.17, 15) is 0 Å². The number of nitrogens with one attached hydrogen (secondary N) is 1. The average molecular weight is 201 g/mol. The standard InChI is InChI=1S/C11H23NS/c1-3-4-5-6-7-8-11(2)12-9-10-13-11/h12H,3-10H2,1-2H3. The third-order valence-corrected chi connectivity index (χ3v) is 4.17. The lowest BCUT2D eigenvalue weighted by Crippen LogP contribution is -2.33. The van der Waals surface area contributed by atoms with Gasteiger partial charge in [0.05, 0.1) is 4.87 Å². The molecule has 0 spiro atoms. The SMILES string of the molecule is CCCCCCCC1(C)NCCS1. The van der Waals surface area contributed by atoms with Crippen LogP contribution < -0.4 is 5.32 Å². The minimum atomic E-state index is 0.409. The molecule has 0 aromatic carbocycles. The molecule has 78 valence electrons. The Morgan fingerprint density at radius 3 is 2.62 bits per heavy atom. The first-order valence-electron chi connectivity index (χ1n) is 5.66. The van der Waals surface area contributed by atoms with Crippen molar-refractivity contribution >= 4 is 11.8 Å². The Balaban J connectivity index is 1.98. The summed E-state index contributed by atoms with van der Waals surface area (Å²) in [5.41, 5.74) is 0. The maximum absolute atomic E-state index is 3.59. The first-order valence-corrected chi connectivity index (χ1v) is 6.64. The number of unbranched alkanes of at least 4 members (excludes halogenated alkanes) is 4. The number of hydrogen-bond acceptors (Lipinski definition) is 2. The summed E-state index contributed by atoms with van der Waals surface area (Å²) < 4.78 is 0. The maximum Gasteiger partial charge on any atom is 0.0617 e. The Hall–Kier alpha value is 0.310. The summed E-state index contributed by atoms with van der Waals surface area (Å²) in [6, 6.07) is 0. The molecular weight excluding hydrogens is 178 g/mol. The van der Waals surface area contributed by atoms with Crippen LogP contribution in [0.5, 0.6) is 0 Å². The first kappa shape index (κ1) is 11.4. The summed E-state index contributed by atoms with van der Waals surface area (Å²) in [6.07, 6.45) is 8.36. The zero-order valence-electron chi connectivity index (χ0n) is 9.07. The largest absolute Gasteiger partial charge is 0.302 e. The van der Waals surface area contributed by atoms with Gasteiger partial charge in [0.2, 0.25) is 0 Å². The molecule has 1 unspecified atom stereocenters. The van der Waals surface area contributed by atoms with Crippen molar-refractivity contribution in [2.75, 3.05) is 12.3 Å². The second kappa shape index (κ2) is 5.92. The highest BCUT2D eigenvalue weighted by molar-refractivity contribution is 8.00. The molecule has 1 fully saturated rings. The number of thioether (sulfide) groups is 1. The molecule has 0 saturated carbocycles. The van der Waals surface area contributed by atoms with Crippen LogP contribution in [0.15, 0.2) is 0 Å². The van der Waals surface area contributed by atoms with Crippen molar-refractivity contribution in [3.8, 4) is 0 Å². The lowest BCUT2D eigenvalue weighted by molar-refractivity contribution is 0.471. The van der Waals surface area contributed by atoms with E-state index in [0.29, 0.717) is 4.87 Å². The number of rotatable bonds is 6. The van der Waals surface area contributed by atoms with Crippen molar-refractivity contribution in [2.45, 2.75) is 57.2 Å². The van der Waals surface area contributed by atoms with Crippen LogP contribution in [0, 0.1) is 0 Å². The Labute approximate surface area is 87.1 Å². The molecule has 13 heavy (non-hydrogen) atoms. The molecule has 0 radical (unpaired) electrons. The van der Waals surface area contributed by atoms with Gasteiger partial charge >= 0.3 is 0 Å². The van der Waals surface area contributed by atoms with Gasteiger partial charge in [0.15, 0.2) is 0 Å². The highest BCUT2D eigenvalue weighted by Crippen LogP contribution is 2.31. The molecule has 1 heterocycles. The van der Waals surface area contributed by atoms with E-state index in [2.05, 4.69) is 30.9 Å². The van der Waals surface area contributed by atoms with Crippen molar-refractivity contribution in [3.05, 3.63) is 0 Å². The van der Waals surface area contributed by atoms with Crippen LogP contribution in [-0.2, 0) is 0 Å². The summed E-state index contributed by atoms with van der Waals surface area (Å²) >= 11 is 2.10. The van der Waals surface area contributed by atoms with Crippen LogP contribution in [0.3, 0.4) is 0 Å². The van der Waals surface area contributed by atoms with Crippen molar-refractivity contribution in [1.29, 1.82) is 0 Å². The third kappa shape index (κ3) is 4.37. The van der Waals surface area contributed by atoms with E-state index < -0.39 is 0 Å². The van der Waals surface area contributed by atoms with Gasteiger partial charge in [-0.05, 0) is 13.3 Å². The average Bonchev–Trinajstić information content (AvgIpc) is 2.53. The molecule has 2 heteroatoms. The van der Waals surface area contributed by atoms with Gasteiger partial charge < -0.3 is 5.32 Å². The topological polar surface area (TPSA) is 12.0 Å². The van der Waals surface area contributed by atoms with Crippen molar-refractivity contribution in [1.82, 2.24) is 5.32 Å². The second-order valence-corrected chi connectivity index (χ2v) is 5.77. The molecule has 1 N–H and O–H groups in total. The monoisotopic (exact) mass is 201 g/mol. The van der Waals surface area contributed by atoms with Crippen LogP contribution in [0.1, 0.15) is 52.4 Å². The maximum atomic E-state index is 3.59. The van der Waals surface area contributed by atoms with Crippen molar-refractivity contribution < 1.29 is 0 Å². The smallest absolute Gasteiger partial charge is 0.0617 e. The van der Waals surface area contributed by atoms with Crippen LogP contribution >= 0.6 is 11.8 Å². The van der Waals surface area contributed by atoms with Gasteiger partial charge in [-0.2, -0.15) is 0 Å². The van der Waals surface area contributed by atoms with Gasteiger partial charge in [0.1, 0.15) is 0 Å². The van der Waals surface area contributed by atoms with Gasteiger partial charge in [-0.1, -0.05) is 39.0 Å². The van der Waals surface area contributed by atoms with Crippen molar-refractivity contribution in [3.63, 3.8) is 0 Å².